The van der Waals surface area contributed by atoms with Gasteiger partial charge in [0.05, 0.1) is 6.42 Å². The highest BCUT2D eigenvalue weighted by Gasteiger charge is 2.33. The van der Waals surface area contributed by atoms with Crippen molar-refractivity contribution in [2.24, 2.45) is 0 Å². The number of hydrogen-bond donors (Lipinski definition) is 1. The predicted molar refractivity (Wildman–Crippen MR) is 65.0 cm³/mol. The molecule has 96 valence electrons. The van der Waals surface area contributed by atoms with E-state index in [4.69, 9.17) is 5.11 Å². The van der Waals surface area contributed by atoms with Crippen molar-refractivity contribution in [3.05, 3.63) is 29.6 Å². The minimum atomic E-state index is -0.914. The molecule has 5 heteroatoms. The van der Waals surface area contributed by atoms with Crippen molar-refractivity contribution in [1.82, 2.24) is 9.88 Å². The van der Waals surface area contributed by atoms with E-state index >= 15 is 0 Å². The second kappa shape index (κ2) is 5.16. The van der Waals surface area contributed by atoms with Gasteiger partial charge >= 0.3 is 5.97 Å². The van der Waals surface area contributed by atoms with E-state index < -0.39 is 12.0 Å². The monoisotopic (exact) mass is 248 g/mol. The first-order valence-corrected chi connectivity index (χ1v) is 6.02. The third-order valence-corrected chi connectivity index (χ3v) is 3.19. The van der Waals surface area contributed by atoms with Crippen LogP contribution >= 0.6 is 0 Å². The Morgan fingerprint density at radius 3 is 2.89 bits per heavy atom. The highest BCUT2D eigenvalue weighted by Crippen LogP contribution is 2.18. The van der Waals surface area contributed by atoms with E-state index in [2.05, 4.69) is 4.98 Å². The molecule has 1 fully saturated rings. The molecule has 1 amide bonds. The normalized spacial score (nSPS) is 18.9. The molecule has 1 aromatic heterocycles. The highest BCUT2D eigenvalue weighted by molar-refractivity contribution is 5.85. The van der Waals surface area contributed by atoms with Crippen LogP contribution < -0.4 is 0 Å². The summed E-state index contributed by atoms with van der Waals surface area (Å²) in [5.74, 6) is -1.05. The lowest BCUT2D eigenvalue weighted by Crippen LogP contribution is -2.41. The van der Waals surface area contributed by atoms with Gasteiger partial charge < -0.3 is 10.0 Å². The van der Waals surface area contributed by atoms with Crippen LogP contribution in [-0.2, 0) is 16.0 Å². The Kier molecular flexibility index (Phi) is 3.60. The maximum absolute atomic E-state index is 12.0. The third-order valence-electron chi connectivity index (χ3n) is 3.19. The summed E-state index contributed by atoms with van der Waals surface area (Å²) in [6.45, 7) is 2.42. The molecule has 1 atom stereocenters. The molecule has 2 heterocycles. The Morgan fingerprint density at radius 2 is 2.28 bits per heavy atom. The van der Waals surface area contributed by atoms with Gasteiger partial charge in [0.1, 0.15) is 6.04 Å². The molecule has 0 saturated carbocycles. The van der Waals surface area contributed by atoms with Crippen LogP contribution in [0.1, 0.15) is 24.1 Å². The van der Waals surface area contributed by atoms with Crippen LogP contribution in [0.3, 0.4) is 0 Å². The van der Waals surface area contributed by atoms with Crippen LogP contribution in [0.5, 0.6) is 0 Å². The second-order valence-corrected chi connectivity index (χ2v) is 4.57. The number of carboxylic acids is 1. The zero-order valence-corrected chi connectivity index (χ0v) is 10.3. The van der Waals surface area contributed by atoms with Crippen molar-refractivity contribution < 1.29 is 14.7 Å². The Balaban J connectivity index is 2.03. The van der Waals surface area contributed by atoms with Gasteiger partial charge in [-0.3, -0.25) is 9.78 Å². The number of likely N-dealkylation sites (tertiary alicyclic amines) is 1. The largest absolute Gasteiger partial charge is 0.480 e. The lowest BCUT2D eigenvalue weighted by atomic mass is 10.1. The summed E-state index contributed by atoms with van der Waals surface area (Å²) in [6.07, 6.45) is 3.19. The molecule has 0 bridgehead atoms. The summed E-state index contributed by atoms with van der Waals surface area (Å²) in [7, 11) is 0. The van der Waals surface area contributed by atoms with Crippen molar-refractivity contribution in [3.63, 3.8) is 0 Å². The summed E-state index contributed by atoms with van der Waals surface area (Å²) in [6, 6.07) is 3.05. The smallest absolute Gasteiger partial charge is 0.326 e. The van der Waals surface area contributed by atoms with Crippen molar-refractivity contribution in [2.45, 2.75) is 32.2 Å². The maximum Gasteiger partial charge on any atom is 0.326 e. The minimum Gasteiger partial charge on any atom is -0.480 e. The van der Waals surface area contributed by atoms with E-state index in [0.29, 0.717) is 13.0 Å². The number of aromatic nitrogens is 1. The van der Waals surface area contributed by atoms with Gasteiger partial charge in [-0.1, -0.05) is 6.07 Å². The number of amides is 1. The lowest BCUT2D eigenvalue weighted by Gasteiger charge is -2.21. The molecule has 2 rings (SSSR count). The molecule has 1 saturated heterocycles. The fourth-order valence-electron chi connectivity index (χ4n) is 2.20. The molecular weight excluding hydrogens is 232 g/mol. The van der Waals surface area contributed by atoms with Gasteiger partial charge in [-0.2, -0.15) is 0 Å². The summed E-state index contributed by atoms with van der Waals surface area (Å²) in [4.78, 5) is 28.6. The molecule has 0 aliphatic carbocycles. The quantitative estimate of drug-likeness (QED) is 0.866. The van der Waals surface area contributed by atoms with Crippen LogP contribution in [0.25, 0.3) is 0 Å². The first-order valence-electron chi connectivity index (χ1n) is 6.02. The predicted octanol–water partition coefficient (Wildman–Crippen LogP) is 1.01. The van der Waals surface area contributed by atoms with E-state index in [0.717, 1.165) is 17.7 Å². The zero-order valence-electron chi connectivity index (χ0n) is 10.3. The van der Waals surface area contributed by atoms with Crippen LogP contribution in [-0.4, -0.2) is 39.5 Å². The average molecular weight is 248 g/mol. The van der Waals surface area contributed by atoms with E-state index in [1.807, 2.05) is 19.1 Å². The average Bonchev–Trinajstić information content (AvgIpc) is 2.81. The fraction of sp³-hybridized carbons (Fsp3) is 0.462. The molecule has 5 nitrogen and oxygen atoms in total. The summed E-state index contributed by atoms with van der Waals surface area (Å²) in [5, 5.41) is 9.03. The number of carbonyl (C=O) groups is 2. The molecule has 1 aromatic rings. The van der Waals surface area contributed by atoms with Crippen LogP contribution in [0.2, 0.25) is 0 Å². The van der Waals surface area contributed by atoms with Gasteiger partial charge in [0, 0.05) is 18.4 Å². The first kappa shape index (κ1) is 12.5. The van der Waals surface area contributed by atoms with Gasteiger partial charge in [-0.15, -0.1) is 0 Å². The Labute approximate surface area is 105 Å². The number of aliphatic carboxylic acids is 1. The standard InChI is InChI=1S/C13H16N2O3/c1-9-4-5-10(8-14-9)7-12(16)15-6-2-3-11(15)13(17)18/h4-5,8,11H,2-3,6-7H2,1H3,(H,17,18)/t11-/m1/s1. The SMILES string of the molecule is Cc1ccc(CC(=O)N2CCC[C@@H]2C(=O)O)cn1. The van der Waals surface area contributed by atoms with E-state index in [9.17, 15) is 9.59 Å². The number of carboxylic acid groups (broad SMARTS) is 1. The molecule has 1 aliphatic rings. The van der Waals surface area contributed by atoms with Crippen molar-refractivity contribution >= 4 is 11.9 Å². The molecule has 0 unspecified atom stereocenters. The third kappa shape index (κ3) is 2.67. The molecule has 1 N–H and O–H groups in total. The highest BCUT2D eigenvalue weighted by atomic mass is 16.4. The summed E-state index contributed by atoms with van der Waals surface area (Å²) in [5.41, 5.74) is 1.72. The number of rotatable bonds is 3. The second-order valence-electron chi connectivity index (χ2n) is 4.57. The number of aryl methyl sites for hydroxylation is 1. The molecule has 0 aromatic carbocycles. The minimum absolute atomic E-state index is 0.134. The van der Waals surface area contributed by atoms with Gasteiger partial charge in [0.25, 0.3) is 0 Å². The topological polar surface area (TPSA) is 70.5 Å². The first-order chi connectivity index (χ1) is 8.58. The number of nitrogens with zero attached hydrogens (tertiary/aromatic N) is 2. The molecule has 1 aliphatic heterocycles. The summed E-state index contributed by atoms with van der Waals surface area (Å²) >= 11 is 0. The fourth-order valence-corrected chi connectivity index (χ4v) is 2.20. The molecule has 0 spiro atoms. The number of hydrogen-bond acceptors (Lipinski definition) is 3. The number of pyridine rings is 1. The Morgan fingerprint density at radius 1 is 1.50 bits per heavy atom. The molecular formula is C13H16N2O3. The Hall–Kier alpha value is -1.91. The maximum atomic E-state index is 12.0. The van der Waals surface area contributed by atoms with Crippen LogP contribution in [0, 0.1) is 6.92 Å². The van der Waals surface area contributed by atoms with Crippen molar-refractivity contribution in [1.29, 1.82) is 0 Å². The van der Waals surface area contributed by atoms with Crippen molar-refractivity contribution in [2.75, 3.05) is 6.54 Å². The lowest BCUT2D eigenvalue weighted by molar-refractivity contribution is -0.148. The van der Waals surface area contributed by atoms with E-state index in [1.54, 1.807) is 6.20 Å². The van der Waals surface area contributed by atoms with Crippen LogP contribution in [0.15, 0.2) is 18.3 Å². The van der Waals surface area contributed by atoms with Gasteiger partial charge in [0.2, 0.25) is 5.91 Å². The number of carbonyl (C=O) groups excluding carboxylic acids is 1. The summed E-state index contributed by atoms with van der Waals surface area (Å²) < 4.78 is 0. The molecule has 0 radical (unpaired) electrons. The van der Waals surface area contributed by atoms with Crippen LogP contribution in [0.4, 0.5) is 0 Å². The van der Waals surface area contributed by atoms with Gasteiger partial charge in [0.15, 0.2) is 0 Å². The van der Waals surface area contributed by atoms with Crippen molar-refractivity contribution in [3.8, 4) is 0 Å². The van der Waals surface area contributed by atoms with E-state index in [1.165, 1.54) is 4.90 Å². The Bertz CT molecular complexity index is 456. The molecule has 18 heavy (non-hydrogen) atoms. The van der Waals surface area contributed by atoms with Gasteiger partial charge in [-0.05, 0) is 31.4 Å². The van der Waals surface area contributed by atoms with Gasteiger partial charge in [-0.25, -0.2) is 4.79 Å². The zero-order chi connectivity index (χ0) is 13.1. The van der Waals surface area contributed by atoms with E-state index in [-0.39, 0.29) is 12.3 Å².